The van der Waals surface area contributed by atoms with Gasteiger partial charge in [0.2, 0.25) is 0 Å². The van der Waals surface area contributed by atoms with Gasteiger partial charge >= 0.3 is 0 Å². The maximum absolute atomic E-state index is 11.6. The summed E-state index contributed by atoms with van der Waals surface area (Å²) in [5, 5.41) is 7.18. The Hall–Kier alpha value is -1.14. The van der Waals surface area contributed by atoms with Crippen LogP contribution in [-0.4, -0.2) is 18.1 Å². The highest BCUT2D eigenvalue weighted by Crippen LogP contribution is 2.39. The first-order chi connectivity index (χ1) is 8.52. The third kappa shape index (κ3) is 2.49. The minimum absolute atomic E-state index is 0.372. The molecule has 1 atom stereocenters. The average molecular weight is 283 g/mol. The van der Waals surface area contributed by atoms with Crippen molar-refractivity contribution in [2.24, 2.45) is 11.7 Å². The summed E-state index contributed by atoms with van der Waals surface area (Å²) in [5.74, 6) is 0.296. The SMILES string of the molecule is CNC(=S)Nc1sc2c(c1C(N)=O)CCC(C)C2. The van der Waals surface area contributed by atoms with Gasteiger partial charge in [0.05, 0.1) is 5.56 Å². The van der Waals surface area contributed by atoms with Crippen LogP contribution in [0.4, 0.5) is 5.00 Å². The third-order valence-corrected chi connectivity index (χ3v) is 4.69. The van der Waals surface area contributed by atoms with Crippen LogP contribution in [0.3, 0.4) is 0 Å². The van der Waals surface area contributed by atoms with E-state index in [0.29, 0.717) is 16.6 Å². The zero-order valence-corrected chi connectivity index (χ0v) is 12.1. The van der Waals surface area contributed by atoms with E-state index < -0.39 is 0 Å². The van der Waals surface area contributed by atoms with Gasteiger partial charge in [-0.15, -0.1) is 11.3 Å². The number of thiophene rings is 1. The molecule has 0 spiro atoms. The molecule has 1 aromatic heterocycles. The number of thiocarbonyl (C=S) groups is 1. The normalized spacial score (nSPS) is 18.0. The van der Waals surface area contributed by atoms with Crippen LogP contribution < -0.4 is 16.4 Å². The molecule has 0 aliphatic heterocycles. The quantitative estimate of drug-likeness (QED) is 0.725. The van der Waals surface area contributed by atoms with Crippen molar-refractivity contribution in [3.8, 4) is 0 Å². The molecule has 1 heterocycles. The highest BCUT2D eigenvalue weighted by molar-refractivity contribution is 7.80. The highest BCUT2D eigenvalue weighted by Gasteiger charge is 2.26. The molecule has 4 nitrogen and oxygen atoms in total. The smallest absolute Gasteiger partial charge is 0.251 e. The Morgan fingerprint density at radius 3 is 2.89 bits per heavy atom. The molecule has 0 aromatic carbocycles. The maximum atomic E-state index is 11.6. The molecule has 1 aliphatic rings. The Bertz CT molecular complexity index is 496. The minimum Gasteiger partial charge on any atom is -0.366 e. The molecule has 18 heavy (non-hydrogen) atoms. The topological polar surface area (TPSA) is 67.2 Å². The zero-order valence-electron chi connectivity index (χ0n) is 10.5. The molecule has 4 N–H and O–H groups in total. The van der Waals surface area contributed by atoms with Gasteiger partial charge in [0.1, 0.15) is 5.00 Å². The molecule has 1 aliphatic carbocycles. The molecule has 0 fully saturated rings. The lowest BCUT2D eigenvalue weighted by Gasteiger charge is -2.18. The van der Waals surface area contributed by atoms with Gasteiger partial charge in [-0.3, -0.25) is 4.79 Å². The number of rotatable bonds is 2. The summed E-state index contributed by atoms with van der Waals surface area (Å²) in [5.41, 5.74) is 7.24. The van der Waals surface area contributed by atoms with Gasteiger partial charge in [-0.05, 0) is 43.0 Å². The maximum Gasteiger partial charge on any atom is 0.251 e. The number of hydrogen-bond donors (Lipinski definition) is 3. The van der Waals surface area contributed by atoms with Crippen molar-refractivity contribution in [3.05, 3.63) is 16.0 Å². The predicted molar refractivity (Wildman–Crippen MR) is 79.3 cm³/mol. The number of amides is 1. The van der Waals surface area contributed by atoms with Crippen molar-refractivity contribution in [3.63, 3.8) is 0 Å². The second-order valence-corrected chi connectivity index (χ2v) is 6.14. The fourth-order valence-corrected chi connectivity index (χ4v) is 3.85. The fourth-order valence-electron chi connectivity index (χ4n) is 2.27. The summed E-state index contributed by atoms with van der Waals surface area (Å²) in [6.45, 7) is 2.23. The summed E-state index contributed by atoms with van der Waals surface area (Å²) in [7, 11) is 1.74. The van der Waals surface area contributed by atoms with Crippen LogP contribution in [0.1, 0.15) is 34.1 Å². The van der Waals surface area contributed by atoms with Crippen LogP contribution in [0, 0.1) is 5.92 Å². The average Bonchev–Trinajstić information content (AvgIpc) is 2.65. The van der Waals surface area contributed by atoms with E-state index in [9.17, 15) is 4.79 Å². The predicted octanol–water partition coefficient (Wildman–Crippen LogP) is 1.89. The van der Waals surface area contributed by atoms with Gasteiger partial charge in [0, 0.05) is 11.9 Å². The van der Waals surface area contributed by atoms with Crippen LogP contribution in [-0.2, 0) is 12.8 Å². The Morgan fingerprint density at radius 1 is 1.56 bits per heavy atom. The summed E-state index contributed by atoms with van der Waals surface area (Å²) < 4.78 is 0. The summed E-state index contributed by atoms with van der Waals surface area (Å²) >= 11 is 6.68. The van der Waals surface area contributed by atoms with Crippen LogP contribution in [0.5, 0.6) is 0 Å². The Morgan fingerprint density at radius 2 is 2.28 bits per heavy atom. The first-order valence-corrected chi connectivity index (χ1v) is 7.18. The Labute approximate surface area is 116 Å². The van der Waals surface area contributed by atoms with Gasteiger partial charge in [-0.2, -0.15) is 0 Å². The number of hydrogen-bond acceptors (Lipinski definition) is 3. The number of carbonyl (C=O) groups excluding carboxylic acids is 1. The minimum atomic E-state index is -0.372. The van der Waals surface area contributed by atoms with Crippen LogP contribution >= 0.6 is 23.6 Å². The molecule has 0 bridgehead atoms. The van der Waals surface area contributed by atoms with Crippen LogP contribution in [0.25, 0.3) is 0 Å². The molecule has 98 valence electrons. The molecule has 1 unspecified atom stereocenters. The number of primary amides is 1. The number of fused-ring (bicyclic) bond motifs is 1. The van der Waals surface area contributed by atoms with Crippen molar-refractivity contribution in [2.75, 3.05) is 12.4 Å². The van der Waals surface area contributed by atoms with Gasteiger partial charge in [0.15, 0.2) is 5.11 Å². The lowest BCUT2D eigenvalue weighted by atomic mass is 9.88. The van der Waals surface area contributed by atoms with E-state index >= 15 is 0 Å². The molecule has 1 aromatic rings. The van der Waals surface area contributed by atoms with E-state index in [0.717, 1.165) is 29.8 Å². The Kier molecular flexibility index (Phi) is 3.87. The van der Waals surface area contributed by atoms with Gasteiger partial charge in [0.25, 0.3) is 5.91 Å². The standard InChI is InChI=1S/C12H17N3OS2/c1-6-3-4-7-8(5-6)18-11(9(7)10(13)16)15-12(17)14-2/h6H,3-5H2,1-2H3,(H2,13,16)(H2,14,15,17). The van der Waals surface area contributed by atoms with E-state index in [1.54, 1.807) is 18.4 Å². The van der Waals surface area contributed by atoms with Crippen LogP contribution in [0.15, 0.2) is 0 Å². The third-order valence-electron chi connectivity index (χ3n) is 3.21. The molecule has 0 saturated carbocycles. The van der Waals surface area contributed by atoms with Crippen molar-refractivity contribution < 1.29 is 4.79 Å². The number of nitrogens with two attached hydrogens (primary N) is 1. The van der Waals surface area contributed by atoms with E-state index in [2.05, 4.69) is 17.6 Å². The monoisotopic (exact) mass is 283 g/mol. The summed E-state index contributed by atoms with van der Waals surface area (Å²) in [6.07, 6.45) is 3.06. The lowest BCUT2D eigenvalue weighted by Crippen LogP contribution is -2.25. The van der Waals surface area contributed by atoms with Crippen molar-refractivity contribution in [1.29, 1.82) is 0 Å². The molecule has 1 amide bonds. The van der Waals surface area contributed by atoms with Crippen molar-refractivity contribution in [1.82, 2.24) is 5.32 Å². The second kappa shape index (κ2) is 5.24. The highest BCUT2D eigenvalue weighted by atomic mass is 32.1. The van der Waals surface area contributed by atoms with Crippen LogP contribution in [0.2, 0.25) is 0 Å². The van der Waals surface area contributed by atoms with Gasteiger partial charge in [-0.1, -0.05) is 6.92 Å². The molecule has 6 heteroatoms. The molecule has 0 radical (unpaired) electrons. The van der Waals surface area contributed by atoms with Crippen molar-refractivity contribution >= 4 is 39.6 Å². The van der Waals surface area contributed by atoms with E-state index in [-0.39, 0.29) is 5.91 Å². The molecular weight excluding hydrogens is 266 g/mol. The van der Waals surface area contributed by atoms with E-state index in [1.165, 1.54) is 4.88 Å². The molecular formula is C12H17N3OS2. The summed E-state index contributed by atoms with van der Waals surface area (Å²) in [6, 6.07) is 0. The van der Waals surface area contributed by atoms with E-state index in [1.807, 2.05) is 0 Å². The van der Waals surface area contributed by atoms with Gasteiger partial charge in [-0.25, -0.2) is 0 Å². The second-order valence-electron chi connectivity index (χ2n) is 4.62. The number of nitrogens with one attached hydrogen (secondary N) is 2. The number of anilines is 1. The summed E-state index contributed by atoms with van der Waals surface area (Å²) in [4.78, 5) is 12.9. The van der Waals surface area contributed by atoms with Gasteiger partial charge < -0.3 is 16.4 Å². The molecule has 0 saturated heterocycles. The first kappa shape index (κ1) is 13.3. The zero-order chi connectivity index (χ0) is 13.3. The largest absolute Gasteiger partial charge is 0.366 e. The van der Waals surface area contributed by atoms with Crippen molar-refractivity contribution in [2.45, 2.75) is 26.2 Å². The first-order valence-electron chi connectivity index (χ1n) is 5.96. The lowest BCUT2D eigenvalue weighted by molar-refractivity contribution is 0.100. The fraction of sp³-hybridized carbons (Fsp3) is 0.500. The molecule has 2 rings (SSSR count). The number of carbonyl (C=O) groups is 1. The Balaban J connectivity index is 2.40. The van der Waals surface area contributed by atoms with E-state index in [4.69, 9.17) is 18.0 Å².